The van der Waals surface area contributed by atoms with Crippen LogP contribution in [0.1, 0.15) is 30.4 Å². The molecular formula is C24H21Cl2NO4S. The lowest BCUT2D eigenvalue weighted by Gasteiger charge is -2.28. The van der Waals surface area contributed by atoms with E-state index in [0.717, 1.165) is 30.4 Å². The summed E-state index contributed by atoms with van der Waals surface area (Å²) < 4.78 is 40.6. The van der Waals surface area contributed by atoms with Gasteiger partial charge in [0, 0.05) is 40.3 Å². The van der Waals surface area contributed by atoms with Crippen molar-refractivity contribution in [2.75, 3.05) is 13.1 Å². The van der Waals surface area contributed by atoms with Crippen LogP contribution < -0.4 is 9.47 Å². The van der Waals surface area contributed by atoms with Gasteiger partial charge in [0.15, 0.2) is 11.5 Å². The van der Waals surface area contributed by atoms with E-state index >= 15 is 0 Å². The third-order valence-electron chi connectivity index (χ3n) is 5.82. The molecule has 1 fully saturated rings. The molecule has 3 aromatic rings. The number of hydrogen-bond donors (Lipinski definition) is 0. The Labute approximate surface area is 197 Å². The number of ether oxygens (including phenoxy) is 2. The second-order valence-corrected chi connectivity index (χ2v) is 10.7. The van der Waals surface area contributed by atoms with Gasteiger partial charge < -0.3 is 9.47 Å². The van der Waals surface area contributed by atoms with Crippen LogP contribution in [0.2, 0.25) is 10.0 Å². The van der Waals surface area contributed by atoms with Crippen LogP contribution in [-0.2, 0) is 15.8 Å². The molecule has 0 N–H and O–H groups in total. The Balaban J connectivity index is 1.56. The molecule has 8 heteroatoms. The summed E-state index contributed by atoms with van der Waals surface area (Å²) in [5.74, 6) is -0.453. The lowest BCUT2D eigenvalue weighted by Crippen LogP contribution is -2.36. The van der Waals surface area contributed by atoms with Gasteiger partial charge in [-0.25, -0.2) is 8.42 Å². The average Bonchev–Trinajstić information content (AvgIpc) is 3.20. The molecule has 0 unspecified atom stereocenters. The van der Waals surface area contributed by atoms with Crippen LogP contribution in [-0.4, -0.2) is 25.8 Å². The van der Waals surface area contributed by atoms with Crippen LogP contribution in [0, 0.1) is 0 Å². The molecule has 0 atom stereocenters. The number of rotatable bonds is 4. The molecule has 2 aliphatic heterocycles. The molecule has 5 nitrogen and oxygen atoms in total. The zero-order valence-electron chi connectivity index (χ0n) is 17.1. The van der Waals surface area contributed by atoms with E-state index in [2.05, 4.69) is 0 Å². The van der Waals surface area contributed by atoms with Crippen molar-refractivity contribution in [1.29, 1.82) is 0 Å². The van der Waals surface area contributed by atoms with E-state index in [1.54, 1.807) is 46.8 Å². The van der Waals surface area contributed by atoms with Crippen LogP contribution >= 0.6 is 23.2 Å². The van der Waals surface area contributed by atoms with Crippen LogP contribution in [0.4, 0.5) is 0 Å². The zero-order valence-corrected chi connectivity index (χ0v) is 19.5. The Hall–Kier alpha value is -2.25. The molecule has 1 saturated heterocycles. The number of sulfonamides is 1. The highest BCUT2D eigenvalue weighted by molar-refractivity contribution is 7.89. The van der Waals surface area contributed by atoms with Crippen molar-refractivity contribution >= 4 is 33.2 Å². The fraction of sp³-hybridized carbons (Fsp3) is 0.250. The molecule has 0 aliphatic carbocycles. The summed E-state index contributed by atoms with van der Waals surface area (Å²) in [6, 6.07) is 19.1. The van der Waals surface area contributed by atoms with Gasteiger partial charge in [0.25, 0.3) is 0 Å². The van der Waals surface area contributed by atoms with E-state index in [4.69, 9.17) is 32.7 Å². The van der Waals surface area contributed by atoms with Gasteiger partial charge in [-0.3, -0.25) is 0 Å². The summed E-state index contributed by atoms with van der Waals surface area (Å²) in [7, 11) is -3.60. The standard InChI is InChI=1S/C24H21Cl2NO4S/c25-19-8-4-17(5-9-19)24(18-6-10-20(26)11-7-18)30-22-13-12-21(16-23(22)31-24)32(28,29)27-14-2-1-3-15-27/h4-13,16H,1-3,14-15H2. The molecule has 5 rings (SSSR count). The molecule has 0 amide bonds. The summed E-state index contributed by atoms with van der Waals surface area (Å²) in [5.41, 5.74) is 1.45. The SMILES string of the molecule is O=S(=O)(c1ccc2c(c1)OC(c1ccc(Cl)cc1)(c1ccc(Cl)cc1)O2)N1CCCCC1. The molecular weight excluding hydrogens is 469 g/mol. The predicted molar refractivity (Wildman–Crippen MR) is 124 cm³/mol. The van der Waals surface area contributed by atoms with Crippen molar-refractivity contribution in [3.8, 4) is 11.5 Å². The van der Waals surface area contributed by atoms with Gasteiger partial charge >= 0.3 is 5.79 Å². The van der Waals surface area contributed by atoms with Crippen molar-refractivity contribution in [2.24, 2.45) is 0 Å². The number of halogens is 2. The third kappa shape index (κ3) is 3.75. The molecule has 0 saturated carbocycles. The molecule has 3 aromatic carbocycles. The van der Waals surface area contributed by atoms with Crippen LogP contribution in [0.25, 0.3) is 0 Å². The fourth-order valence-corrected chi connectivity index (χ4v) is 5.92. The van der Waals surface area contributed by atoms with Crippen molar-refractivity contribution < 1.29 is 17.9 Å². The maximum Gasteiger partial charge on any atom is 0.305 e. The Morgan fingerprint density at radius 1 is 0.719 bits per heavy atom. The largest absolute Gasteiger partial charge is 0.440 e. The van der Waals surface area contributed by atoms with Crippen LogP contribution in [0.3, 0.4) is 0 Å². The minimum Gasteiger partial charge on any atom is -0.440 e. The maximum atomic E-state index is 13.2. The lowest BCUT2D eigenvalue weighted by atomic mass is 9.97. The average molecular weight is 490 g/mol. The number of fused-ring (bicyclic) bond motifs is 1. The topological polar surface area (TPSA) is 55.8 Å². The number of nitrogens with zero attached hydrogens (tertiary/aromatic N) is 1. The Bertz CT molecular complexity index is 1190. The van der Waals surface area contributed by atoms with Gasteiger partial charge in [-0.05, 0) is 73.5 Å². The first-order valence-corrected chi connectivity index (χ1v) is 12.6. The lowest BCUT2D eigenvalue weighted by molar-refractivity contribution is -0.0459. The number of benzene rings is 3. The van der Waals surface area contributed by atoms with Gasteiger partial charge in [-0.2, -0.15) is 4.31 Å². The first-order chi connectivity index (χ1) is 15.4. The second-order valence-electron chi connectivity index (χ2n) is 7.91. The maximum absolute atomic E-state index is 13.2. The molecule has 0 bridgehead atoms. The Morgan fingerprint density at radius 2 is 1.25 bits per heavy atom. The van der Waals surface area contributed by atoms with Crippen molar-refractivity contribution in [3.63, 3.8) is 0 Å². The van der Waals surface area contributed by atoms with Crippen molar-refractivity contribution in [1.82, 2.24) is 4.31 Å². The number of hydrogen-bond acceptors (Lipinski definition) is 4. The first-order valence-electron chi connectivity index (χ1n) is 10.4. The van der Waals surface area contributed by atoms with E-state index in [1.807, 2.05) is 24.3 Å². The normalized spacial score (nSPS) is 17.9. The van der Waals surface area contributed by atoms with E-state index in [-0.39, 0.29) is 4.90 Å². The monoisotopic (exact) mass is 489 g/mol. The minimum atomic E-state index is -3.60. The highest BCUT2D eigenvalue weighted by Gasteiger charge is 2.46. The van der Waals surface area contributed by atoms with E-state index in [9.17, 15) is 8.42 Å². The van der Waals surface area contributed by atoms with Gasteiger partial charge in [0.05, 0.1) is 4.90 Å². The van der Waals surface area contributed by atoms with Gasteiger partial charge in [-0.1, -0.05) is 29.6 Å². The predicted octanol–water partition coefficient (Wildman–Crippen LogP) is 5.84. The van der Waals surface area contributed by atoms with Gasteiger partial charge in [0.1, 0.15) is 0 Å². The number of piperidine rings is 1. The van der Waals surface area contributed by atoms with Crippen molar-refractivity contribution in [2.45, 2.75) is 29.9 Å². The summed E-state index contributed by atoms with van der Waals surface area (Å²) in [4.78, 5) is 0.199. The van der Waals surface area contributed by atoms with Crippen LogP contribution in [0.15, 0.2) is 71.6 Å². The second kappa shape index (κ2) is 8.27. The molecule has 2 heterocycles. The van der Waals surface area contributed by atoms with Crippen LogP contribution in [0.5, 0.6) is 11.5 Å². The van der Waals surface area contributed by atoms with Crippen molar-refractivity contribution in [3.05, 3.63) is 87.9 Å². The smallest absolute Gasteiger partial charge is 0.305 e. The molecule has 2 aliphatic rings. The molecule has 166 valence electrons. The highest BCUT2D eigenvalue weighted by Crippen LogP contribution is 2.48. The fourth-order valence-electron chi connectivity index (χ4n) is 4.14. The summed E-state index contributed by atoms with van der Waals surface area (Å²) in [6.07, 6.45) is 2.80. The Kier molecular flexibility index (Phi) is 5.58. The Morgan fingerprint density at radius 3 is 1.81 bits per heavy atom. The van der Waals surface area contributed by atoms with E-state index in [0.29, 0.717) is 34.6 Å². The van der Waals surface area contributed by atoms with E-state index in [1.165, 1.54) is 0 Å². The quantitative estimate of drug-likeness (QED) is 0.461. The molecule has 0 radical (unpaired) electrons. The molecule has 0 aromatic heterocycles. The van der Waals surface area contributed by atoms with Gasteiger partial charge in [0.2, 0.25) is 10.0 Å². The van der Waals surface area contributed by atoms with E-state index < -0.39 is 15.8 Å². The highest BCUT2D eigenvalue weighted by atomic mass is 35.5. The molecule has 0 spiro atoms. The van der Waals surface area contributed by atoms with Gasteiger partial charge in [-0.15, -0.1) is 0 Å². The summed E-state index contributed by atoms with van der Waals surface area (Å²) >= 11 is 12.2. The first kappa shape index (κ1) is 21.6. The third-order valence-corrected chi connectivity index (χ3v) is 8.22. The summed E-state index contributed by atoms with van der Waals surface area (Å²) in [6.45, 7) is 1.08. The summed E-state index contributed by atoms with van der Waals surface area (Å²) in [5, 5.41) is 1.18. The molecule has 32 heavy (non-hydrogen) atoms. The minimum absolute atomic E-state index is 0.199. The zero-order chi connectivity index (χ0) is 22.3.